The van der Waals surface area contributed by atoms with E-state index in [1.165, 1.54) is 12.8 Å². The maximum Gasteiger partial charge on any atom is 0.222 e. The summed E-state index contributed by atoms with van der Waals surface area (Å²) in [6.07, 6.45) is 5.17. The Morgan fingerprint density at radius 3 is 2.68 bits per heavy atom. The second-order valence-electron chi connectivity index (χ2n) is 7.18. The zero-order valence-electron chi connectivity index (χ0n) is 14.2. The number of likely N-dealkylation sites (N-methyl/N-ethyl adjacent to an activating group) is 1. The van der Waals surface area contributed by atoms with Crippen molar-refractivity contribution in [3.05, 3.63) is 0 Å². The summed E-state index contributed by atoms with van der Waals surface area (Å²) in [6, 6.07) is 0.681. The summed E-state index contributed by atoms with van der Waals surface area (Å²) >= 11 is 0. The van der Waals surface area contributed by atoms with Gasteiger partial charge in [0.05, 0.1) is 0 Å². The lowest BCUT2D eigenvalue weighted by atomic mass is 9.85. The van der Waals surface area contributed by atoms with Crippen LogP contribution in [0.4, 0.5) is 0 Å². The van der Waals surface area contributed by atoms with Gasteiger partial charge in [0.2, 0.25) is 5.91 Å². The highest BCUT2D eigenvalue weighted by Gasteiger charge is 2.43. The predicted molar refractivity (Wildman–Crippen MR) is 86.9 cm³/mol. The van der Waals surface area contributed by atoms with Gasteiger partial charge in [0.25, 0.3) is 0 Å². The molecule has 0 aliphatic carbocycles. The van der Waals surface area contributed by atoms with Gasteiger partial charge in [-0.25, -0.2) is 0 Å². The van der Waals surface area contributed by atoms with Crippen molar-refractivity contribution < 1.29 is 9.53 Å². The Balaban J connectivity index is 1.71. The Bertz CT molecular complexity index is 397. The maximum atomic E-state index is 12.2. The number of hydrogen-bond acceptors (Lipinski definition) is 4. The summed E-state index contributed by atoms with van der Waals surface area (Å²) in [7, 11) is 2.26. The third-order valence-corrected chi connectivity index (χ3v) is 6.12. The van der Waals surface area contributed by atoms with Gasteiger partial charge in [0, 0.05) is 63.9 Å². The number of rotatable bonds is 2. The van der Waals surface area contributed by atoms with E-state index in [0.717, 1.165) is 58.8 Å². The van der Waals surface area contributed by atoms with Crippen molar-refractivity contribution in [1.29, 1.82) is 0 Å². The van der Waals surface area contributed by atoms with Crippen LogP contribution in [0.5, 0.6) is 0 Å². The fraction of sp³-hybridized carbons (Fsp3) is 0.941. The standard InChI is InChI=1S/C17H31N3O2/c1-3-19-9-8-17(7-4-16(19)21)14-20(11-10-18(17)2)15-5-12-22-13-6-15/h15H,3-14H2,1-2H3/t17-/m1/s1. The minimum absolute atomic E-state index is 0.191. The van der Waals surface area contributed by atoms with Gasteiger partial charge in [-0.05, 0) is 39.7 Å². The van der Waals surface area contributed by atoms with Gasteiger partial charge in [0.15, 0.2) is 0 Å². The molecule has 22 heavy (non-hydrogen) atoms. The van der Waals surface area contributed by atoms with E-state index in [4.69, 9.17) is 4.74 Å². The summed E-state index contributed by atoms with van der Waals surface area (Å²) in [5.74, 6) is 0.343. The molecule has 0 radical (unpaired) electrons. The molecule has 0 unspecified atom stereocenters. The normalized spacial score (nSPS) is 33.4. The van der Waals surface area contributed by atoms with Crippen LogP contribution in [0.2, 0.25) is 0 Å². The molecule has 1 spiro atoms. The van der Waals surface area contributed by atoms with Gasteiger partial charge in [-0.1, -0.05) is 0 Å². The fourth-order valence-electron chi connectivity index (χ4n) is 4.42. The Morgan fingerprint density at radius 1 is 1.18 bits per heavy atom. The number of carbonyl (C=O) groups excluding carboxylic acids is 1. The molecule has 3 fully saturated rings. The molecular weight excluding hydrogens is 278 g/mol. The highest BCUT2D eigenvalue weighted by molar-refractivity contribution is 5.76. The average molecular weight is 309 g/mol. The topological polar surface area (TPSA) is 36.0 Å². The van der Waals surface area contributed by atoms with E-state index >= 15 is 0 Å². The Kier molecular flexibility index (Phi) is 5.05. The van der Waals surface area contributed by atoms with Crippen molar-refractivity contribution in [2.45, 2.75) is 50.6 Å². The minimum Gasteiger partial charge on any atom is -0.381 e. The molecule has 0 aromatic carbocycles. The molecule has 1 atom stereocenters. The number of amides is 1. The van der Waals surface area contributed by atoms with Crippen LogP contribution in [-0.2, 0) is 9.53 Å². The molecule has 5 nitrogen and oxygen atoms in total. The Labute approximate surface area is 134 Å². The molecule has 3 aliphatic heterocycles. The monoisotopic (exact) mass is 309 g/mol. The summed E-state index contributed by atoms with van der Waals surface area (Å²) in [4.78, 5) is 19.5. The molecule has 0 aromatic heterocycles. The molecular formula is C17H31N3O2. The number of likely N-dealkylation sites (tertiary alicyclic amines) is 1. The van der Waals surface area contributed by atoms with Gasteiger partial charge in [-0.3, -0.25) is 14.6 Å². The van der Waals surface area contributed by atoms with Gasteiger partial charge in [0.1, 0.15) is 0 Å². The molecule has 0 saturated carbocycles. The van der Waals surface area contributed by atoms with Crippen LogP contribution in [0.3, 0.4) is 0 Å². The first-order valence-electron chi connectivity index (χ1n) is 8.95. The first-order chi connectivity index (χ1) is 10.6. The van der Waals surface area contributed by atoms with Crippen molar-refractivity contribution in [2.75, 3.05) is 53.0 Å². The zero-order valence-corrected chi connectivity index (χ0v) is 14.2. The molecule has 0 N–H and O–H groups in total. The number of piperazine rings is 1. The van der Waals surface area contributed by atoms with Crippen molar-refractivity contribution in [1.82, 2.24) is 14.7 Å². The number of hydrogen-bond donors (Lipinski definition) is 0. The summed E-state index contributed by atoms with van der Waals surface area (Å²) < 4.78 is 5.52. The van der Waals surface area contributed by atoms with Gasteiger partial charge in [-0.2, -0.15) is 0 Å². The maximum absolute atomic E-state index is 12.2. The number of nitrogens with zero attached hydrogens (tertiary/aromatic N) is 3. The minimum atomic E-state index is 0.191. The van der Waals surface area contributed by atoms with Crippen LogP contribution >= 0.6 is 0 Å². The second kappa shape index (κ2) is 6.85. The van der Waals surface area contributed by atoms with E-state index in [0.29, 0.717) is 18.4 Å². The van der Waals surface area contributed by atoms with Crippen molar-refractivity contribution in [2.24, 2.45) is 0 Å². The van der Waals surface area contributed by atoms with E-state index in [9.17, 15) is 4.79 Å². The molecule has 3 saturated heterocycles. The lowest BCUT2D eigenvalue weighted by molar-refractivity contribution is -0.130. The van der Waals surface area contributed by atoms with Gasteiger partial charge in [-0.15, -0.1) is 0 Å². The first-order valence-corrected chi connectivity index (χ1v) is 8.95. The lowest BCUT2D eigenvalue weighted by Crippen LogP contribution is -2.63. The molecule has 3 aliphatic rings. The quantitative estimate of drug-likeness (QED) is 0.767. The summed E-state index contributed by atoms with van der Waals surface area (Å²) in [5.41, 5.74) is 0.191. The largest absolute Gasteiger partial charge is 0.381 e. The molecule has 5 heteroatoms. The average Bonchev–Trinajstić information content (AvgIpc) is 2.71. The second-order valence-corrected chi connectivity index (χ2v) is 7.18. The molecule has 3 rings (SSSR count). The third-order valence-electron chi connectivity index (χ3n) is 6.12. The van der Waals surface area contributed by atoms with Gasteiger partial charge >= 0.3 is 0 Å². The van der Waals surface area contributed by atoms with E-state index in [-0.39, 0.29) is 5.54 Å². The summed E-state index contributed by atoms with van der Waals surface area (Å²) in [6.45, 7) is 9.08. The number of carbonyl (C=O) groups is 1. The third kappa shape index (κ3) is 3.17. The van der Waals surface area contributed by atoms with Crippen LogP contribution in [0.15, 0.2) is 0 Å². The van der Waals surface area contributed by atoms with Crippen LogP contribution in [0.25, 0.3) is 0 Å². The zero-order chi connectivity index (χ0) is 15.6. The molecule has 3 heterocycles. The highest BCUT2D eigenvalue weighted by atomic mass is 16.5. The Morgan fingerprint density at radius 2 is 1.95 bits per heavy atom. The first kappa shape index (κ1) is 16.2. The van der Waals surface area contributed by atoms with Crippen molar-refractivity contribution in [3.8, 4) is 0 Å². The van der Waals surface area contributed by atoms with Crippen molar-refractivity contribution >= 4 is 5.91 Å². The molecule has 0 bridgehead atoms. The SMILES string of the molecule is CCN1CC[C@]2(CCC1=O)CN(C1CCOCC1)CCN2C. The summed E-state index contributed by atoms with van der Waals surface area (Å²) in [5, 5.41) is 0. The van der Waals surface area contributed by atoms with E-state index in [2.05, 4.69) is 23.8 Å². The lowest BCUT2D eigenvalue weighted by Gasteiger charge is -2.51. The fourth-order valence-corrected chi connectivity index (χ4v) is 4.42. The van der Waals surface area contributed by atoms with E-state index in [1.807, 2.05) is 4.90 Å². The number of ether oxygens (including phenoxy) is 1. The van der Waals surface area contributed by atoms with Crippen LogP contribution in [0.1, 0.15) is 39.0 Å². The van der Waals surface area contributed by atoms with Crippen molar-refractivity contribution in [3.63, 3.8) is 0 Å². The molecule has 126 valence electrons. The smallest absolute Gasteiger partial charge is 0.222 e. The Hall–Kier alpha value is -0.650. The highest BCUT2D eigenvalue weighted by Crippen LogP contribution is 2.33. The molecule has 0 aromatic rings. The molecule has 1 amide bonds. The van der Waals surface area contributed by atoms with Gasteiger partial charge < -0.3 is 9.64 Å². The van der Waals surface area contributed by atoms with E-state index < -0.39 is 0 Å². The predicted octanol–water partition coefficient (Wildman–Crippen LogP) is 1.18. The van der Waals surface area contributed by atoms with Crippen LogP contribution in [0, 0.1) is 0 Å². The van der Waals surface area contributed by atoms with E-state index in [1.54, 1.807) is 0 Å². The van der Waals surface area contributed by atoms with Crippen LogP contribution in [-0.4, -0.2) is 85.2 Å². The van der Waals surface area contributed by atoms with Crippen LogP contribution < -0.4 is 0 Å².